The van der Waals surface area contributed by atoms with E-state index >= 15 is 0 Å². The molecule has 0 saturated carbocycles. The van der Waals surface area contributed by atoms with Gasteiger partial charge in [-0.2, -0.15) is 0 Å². The van der Waals surface area contributed by atoms with Gasteiger partial charge in [-0.3, -0.25) is 0 Å². The van der Waals surface area contributed by atoms with Crippen LogP contribution in [0.25, 0.3) is 0 Å². The molecule has 0 aliphatic heterocycles. The number of nitrogens with zero attached hydrogens (tertiary/aromatic N) is 2. The number of nitrogens with one attached hydrogen (secondary N) is 1. The summed E-state index contributed by atoms with van der Waals surface area (Å²) in [5.41, 5.74) is 1.14. The van der Waals surface area contributed by atoms with Gasteiger partial charge in [0.1, 0.15) is 24.2 Å². The number of imidazole rings is 1. The highest BCUT2D eigenvalue weighted by molar-refractivity contribution is 7.91. The normalized spacial score (nSPS) is 13.9. The maximum atomic E-state index is 13.9. The molecule has 0 amide bonds. The summed E-state index contributed by atoms with van der Waals surface area (Å²) < 4.78 is 56.0. The first-order valence-corrected chi connectivity index (χ1v) is 17.0. The summed E-state index contributed by atoms with van der Waals surface area (Å²) in [6, 6.07) is 9.47. The van der Waals surface area contributed by atoms with Crippen LogP contribution in [0.15, 0.2) is 47.6 Å². The molecule has 0 bridgehead atoms. The second-order valence-corrected chi connectivity index (χ2v) is 17.9. The first kappa shape index (κ1) is 26.8. The number of aromatic nitrogens is 2. The first-order chi connectivity index (χ1) is 15.8. The average molecular weight is 547 g/mol. The molecule has 0 fully saturated rings. The molecular weight excluding hydrogens is 519 g/mol. The van der Waals surface area contributed by atoms with Crippen molar-refractivity contribution in [3.63, 3.8) is 0 Å². The molecular formula is C23H27Cl2F2N3O2SSi. The van der Waals surface area contributed by atoms with Crippen molar-refractivity contribution >= 4 is 41.0 Å². The second kappa shape index (κ2) is 10.5. The van der Waals surface area contributed by atoms with Gasteiger partial charge in [0.15, 0.2) is 5.03 Å². The average Bonchev–Trinajstić information content (AvgIpc) is 3.14. The van der Waals surface area contributed by atoms with E-state index in [0.29, 0.717) is 23.6 Å². The Hall–Kier alpha value is -1.78. The maximum Gasteiger partial charge on any atom is 0.153 e. The van der Waals surface area contributed by atoms with Crippen molar-refractivity contribution in [1.29, 1.82) is 4.78 Å². The van der Waals surface area contributed by atoms with Gasteiger partial charge in [0.2, 0.25) is 0 Å². The lowest BCUT2D eigenvalue weighted by Gasteiger charge is -2.21. The van der Waals surface area contributed by atoms with Crippen LogP contribution in [-0.4, -0.2) is 34.7 Å². The Kier molecular flexibility index (Phi) is 8.24. The topological polar surface area (TPSA) is 68.0 Å². The number of halogens is 4. The van der Waals surface area contributed by atoms with Gasteiger partial charge < -0.3 is 9.30 Å². The van der Waals surface area contributed by atoms with Gasteiger partial charge in [0.05, 0.1) is 25.7 Å². The summed E-state index contributed by atoms with van der Waals surface area (Å²) in [5.74, 6) is -1.42. The molecule has 1 aromatic heterocycles. The highest BCUT2D eigenvalue weighted by Crippen LogP contribution is 2.35. The molecule has 2 aromatic carbocycles. The minimum atomic E-state index is -3.14. The molecule has 0 aliphatic rings. The Bertz CT molecular complexity index is 1240. The molecule has 0 aliphatic carbocycles. The SMILES string of the molecule is C[Si](C)(C)CCOCn1cc(S(C)(=N)=O)nc1C(c1ccc(F)c(Cl)c1)c1ccc(F)c(Cl)c1. The fourth-order valence-corrected chi connectivity index (χ4v) is 5.07. The Morgan fingerprint density at radius 3 is 2.06 bits per heavy atom. The molecule has 3 aromatic rings. The van der Waals surface area contributed by atoms with Crippen LogP contribution in [0.1, 0.15) is 22.9 Å². The summed E-state index contributed by atoms with van der Waals surface area (Å²) >= 11 is 12.1. The lowest BCUT2D eigenvalue weighted by molar-refractivity contribution is 0.0848. The van der Waals surface area contributed by atoms with E-state index in [0.717, 1.165) is 6.04 Å². The van der Waals surface area contributed by atoms with E-state index in [-0.39, 0.29) is 21.8 Å². The monoisotopic (exact) mass is 545 g/mol. The van der Waals surface area contributed by atoms with Gasteiger partial charge in [-0.25, -0.2) is 22.8 Å². The van der Waals surface area contributed by atoms with Crippen LogP contribution in [-0.2, 0) is 21.2 Å². The number of ether oxygens (including phenoxy) is 1. The van der Waals surface area contributed by atoms with Gasteiger partial charge in [-0.15, -0.1) is 0 Å². The van der Waals surface area contributed by atoms with E-state index in [1.807, 2.05) is 0 Å². The van der Waals surface area contributed by atoms with Crippen LogP contribution in [0.4, 0.5) is 8.78 Å². The zero-order valence-corrected chi connectivity index (χ0v) is 22.7. The molecule has 0 radical (unpaired) electrons. The van der Waals surface area contributed by atoms with Gasteiger partial charge in [-0.05, 0) is 41.4 Å². The van der Waals surface area contributed by atoms with Crippen LogP contribution >= 0.6 is 23.2 Å². The number of hydrogen-bond donors (Lipinski definition) is 1. The summed E-state index contributed by atoms with van der Waals surface area (Å²) in [6.45, 7) is 7.39. The highest BCUT2D eigenvalue weighted by Gasteiger charge is 2.26. The van der Waals surface area contributed by atoms with Gasteiger partial charge >= 0.3 is 0 Å². The largest absolute Gasteiger partial charge is 0.361 e. The molecule has 34 heavy (non-hydrogen) atoms. The van der Waals surface area contributed by atoms with Crippen molar-refractivity contribution in [1.82, 2.24) is 9.55 Å². The van der Waals surface area contributed by atoms with E-state index in [2.05, 4.69) is 24.6 Å². The summed E-state index contributed by atoms with van der Waals surface area (Å²) in [5, 5.41) is -0.0804. The molecule has 1 heterocycles. The van der Waals surface area contributed by atoms with Crippen LogP contribution in [0, 0.1) is 16.4 Å². The Morgan fingerprint density at radius 1 is 1.09 bits per heavy atom. The Balaban J connectivity index is 2.14. The highest BCUT2D eigenvalue weighted by atomic mass is 35.5. The summed E-state index contributed by atoms with van der Waals surface area (Å²) in [7, 11) is -4.45. The third kappa shape index (κ3) is 6.66. The molecule has 184 valence electrons. The molecule has 11 heteroatoms. The zero-order valence-electron chi connectivity index (χ0n) is 19.4. The third-order valence-electron chi connectivity index (χ3n) is 5.22. The van der Waals surface area contributed by atoms with Gasteiger partial charge in [0, 0.05) is 27.1 Å². The van der Waals surface area contributed by atoms with Crippen molar-refractivity contribution in [3.8, 4) is 0 Å². The smallest absolute Gasteiger partial charge is 0.153 e. The van der Waals surface area contributed by atoms with Crippen molar-refractivity contribution in [2.24, 2.45) is 0 Å². The van der Waals surface area contributed by atoms with Gasteiger partial charge in [0.25, 0.3) is 0 Å². The predicted octanol–water partition coefficient (Wildman–Crippen LogP) is 7.00. The summed E-state index contributed by atoms with van der Waals surface area (Å²) in [6.07, 6.45) is 2.82. The molecule has 5 nitrogen and oxygen atoms in total. The Labute approximate surface area is 210 Å². The molecule has 1 unspecified atom stereocenters. The molecule has 0 saturated heterocycles. The van der Waals surface area contributed by atoms with Crippen LogP contribution in [0.5, 0.6) is 0 Å². The lowest BCUT2D eigenvalue weighted by Crippen LogP contribution is -2.22. The molecule has 1 N–H and O–H groups in total. The molecule has 3 rings (SSSR count). The van der Waals surface area contributed by atoms with E-state index in [1.165, 1.54) is 36.7 Å². The predicted molar refractivity (Wildman–Crippen MR) is 135 cm³/mol. The molecule has 0 spiro atoms. The zero-order chi connectivity index (χ0) is 25.3. The molecule has 1 atom stereocenters. The van der Waals surface area contributed by atoms with Crippen molar-refractivity contribution < 1.29 is 17.7 Å². The number of rotatable bonds is 9. The minimum Gasteiger partial charge on any atom is -0.361 e. The quantitative estimate of drug-likeness (QED) is 0.232. The second-order valence-electron chi connectivity index (χ2n) is 9.38. The van der Waals surface area contributed by atoms with Crippen molar-refractivity contribution in [2.45, 2.75) is 43.4 Å². The fourth-order valence-electron chi connectivity index (χ4n) is 3.34. The van der Waals surface area contributed by atoms with Crippen LogP contribution < -0.4 is 0 Å². The third-order valence-corrected chi connectivity index (χ3v) is 8.50. The maximum absolute atomic E-state index is 13.9. The lowest BCUT2D eigenvalue weighted by atomic mass is 9.90. The Morgan fingerprint density at radius 2 is 1.62 bits per heavy atom. The first-order valence-electron chi connectivity index (χ1n) is 10.5. The van der Waals surface area contributed by atoms with Crippen molar-refractivity contribution in [2.75, 3.05) is 12.9 Å². The summed E-state index contributed by atoms with van der Waals surface area (Å²) in [4.78, 5) is 4.52. The van der Waals surface area contributed by atoms with E-state index < -0.39 is 35.4 Å². The standard InChI is InChI=1S/C23H27Cl2F2N3O2SSi/c1-33(28,31)21-13-30(14-32-9-10-34(2,3)4)23(29-21)22(15-5-7-19(26)17(24)11-15)16-6-8-20(27)18(25)12-16/h5-8,11-13,22,28H,9-10,14H2,1-4H3. The van der Waals surface area contributed by atoms with Crippen LogP contribution in [0.3, 0.4) is 0 Å². The van der Waals surface area contributed by atoms with E-state index in [1.54, 1.807) is 16.7 Å². The van der Waals surface area contributed by atoms with E-state index in [4.69, 9.17) is 32.7 Å². The number of hydrogen-bond acceptors (Lipinski definition) is 4. The van der Waals surface area contributed by atoms with E-state index in [9.17, 15) is 13.0 Å². The fraction of sp³-hybridized carbons (Fsp3) is 0.348. The van der Waals surface area contributed by atoms with Crippen molar-refractivity contribution in [3.05, 3.63) is 81.2 Å². The van der Waals surface area contributed by atoms with Gasteiger partial charge in [-0.1, -0.05) is 55.0 Å². The number of benzene rings is 2. The van der Waals surface area contributed by atoms with Crippen LogP contribution in [0.2, 0.25) is 35.7 Å². The minimum absolute atomic E-state index is 0.0831.